The Kier molecular flexibility index (Phi) is 4.84. The fourth-order valence-corrected chi connectivity index (χ4v) is 2.03. The van der Waals surface area contributed by atoms with Crippen LogP contribution in [0.3, 0.4) is 0 Å². The van der Waals surface area contributed by atoms with Gasteiger partial charge in [0, 0.05) is 19.1 Å². The van der Waals surface area contributed by atoms with Crippen LogP contribution in [0.15, 0.2) is 18.2 Å². The van der Waals surface area contributed by atoms with Crippen molar-refractivity contribution in [3.05, 3.63) is 28.8 Å². The lowest BCUT2D eigenvalue weighted by Gasteiger charge is -2.37. The van der Waals surface area contributed by atoms with Crippen molar-refractivity contribution in [1.29, 1.82) is 0 Å². The van der Waals surface area contributed by atoms with Crippen LogP contribution in [-0.4, -0.2) is 19.6 Å². The Labute approximate surface area is 110 Å². The third-order valence-electron chi connectivity index (χ3n) is 3.53. The molecule has 0 saturated carbocycles. The van der Waals surface area contributed by atoms with E-state index in [9.17, 15) is 0 Å². The van der Waals surface area contributed by atoms with Crippen LogP contribution in [0, 0.1) is 0 Å². The van der Waals surface area contributed by atoms with Gasteiger partial charge in [0.2, 0.25) is 0 Å². The maximum atomic E-state index is 6.35. The summed E-state index contributed by atoms with van der Waals surface area (Å²) in [5.41, 5.74) is 2.43. The van der Waals surface area contributed by atoms with Gasteiger partial charge >= 0.3 is 0 Å². The number of rotatable bonds is 5. The van der Waals surface area contributed by atoms with Gasteiger partial charge in [0.05, 0.1) is 10.7 Å². The van der Waals surface area contributed by atoms with Gasteiger partial charge in [0.1, 0.15) is 0 Å². The highest BCUT2D eigenvalue weighted by Gasteiger charge is 2.22. The van der Waals surface area contributed by atoms with Crippen LogP contribution in [-0.2, 0) is 6.54 Å². The Bertz CT molecular complexity index is 374. The molecule has 0 bridgehead atoms. The third-order valence-corrected chi connectivity index (χ3v) is 3.83. The Hall–Kier alpha value is -0.730. The molecule has 0 unspecified atom stereocenters. The number of benzene rings is 1. The van der Waals surface area contributed by atoms with E-state index in [0.717, 1.165) is 23.7 Å². The fourth-order valence-electron chi connectivity index (χ4n) is 1.70. The number of anilines is 1. The smallest absolute Gasteiger partial charge is 0.0642 e. The van der Waals surface area contributed by atoms with E-state index < -0.39 is 0 Å². The van der Waals surface area contributed by atoms with Gasteiger partial charge in [-0.15, -0.1) is 0 Å². The van der Waals surface area contributed by atoms with E-state index in [2.05, 4.69) is 50.2 Å². The van der Waals surface area contributed by atoms with Crippen LogP contribution < -0.4 is 10.2 Å². The fraction of sp³-hybridized carbons (Fsp3) is 0.571. The van der Waals surface area contributed by atoms with Crippen molar-refractivity contribution in [2.75, 3.05) is 19.0 Å². The average molecular weight is 255 g/mol. The molecule has 0 heterocycles. The van der Waals surface area contributed by atoms with Crippen LogP contribution in [0.2, 0.25) is 5.02 Å². The molecule has 0 saturated heterocycles. The average Bonchev–Trinajstić information content (AvgIpc) is 2.29. The summed E-state index contributed by atoms with van der Waals surface area (Å²) in [4.78, 5) is 2.25. The van der Waals surface area contributed by atoms with Gasteiger partial charge in [0.15, 0.2) is 0 Å². The van der Waals surface area contributed by atoms with Crippen molar-refractivity contribution in [3.63, 3.8) is 0 Å². The summed E-state index contributed by atoms with van der Waals surface area (Å²) in [5, 5.41) is 3.95. The second-order valence-electron chi connectivity index (χ2n) is 5.04. The van der Waals surface area contributed by atoms with Crippen molar-refractivity contribution < 1.29 is 0 Å². The summed E-state index contributed by atoms with van der Waals surface area (Å²) < 4.78 is 0. The molecule has 17 heavy (non-hydrogen) atoms. The zero-order chi connectivity index (χ0) is 13.1. The Morgan fingerprint density at radius 3 is 2.47 bits per heavy atom. The lowest BCUT2D eigenvalue weighted by Crippen LogP contribution is -2.40. The number of hydrogen-bond donors (Lipinski definition) is 1. The van der Waals surface area contributed by atoms with Gasteiger partial charge in [0.25, 0.3) is 0 Å². The summed E-state index contributed by atoms with van der Waals surface area (Å²) >= 11 is 6.35. The molecule has 0 aliphatic rings. The first kappa shape index (κ1) is 14.3. The van der Waals surface area contributed by atoms with Crippen molar-refractivity contribution in [2.24, 2.45) is 0 Å². The second kappa shape index (κ2) is 5.74. The first-order valence-corrected chi connectivity index (χ1v) is 6.47. The van der Waals surface area contributed by atoms with Crippen molar-refractivity contribution in [3.8, 4) is 0 Å². The quantitative estimate of drug-likeness (QED) is 0.862. The highest BCUT2D eigenvalue weighted by atomic mass is 35.5. The van der Waals surface area contributed by atoms with E-state index in [-0.39, 0.29) is 5.54 Å². The summed E-state index contributed by atoms with van der Waals surface area (Å²) in [7, 11) is 4.04. The Balaban J connectivity index is 2.99. The first-order valence-electron chi connectivity index (χ1n) is 6.09. The molecule has 1 rings (SSSR count). The zero-order valence-corrected chi connectivity index (χ0v) is 12.2. The van der Waals surface area contributed by atoms with E-state index in [1.807, 2.05) is 13.1 Å². The van der Waals surface area contributed by atoms with Crippen molar-refractivity contribution >= 4 is 17.3 Å². The topological polar surface area (TPSA) is 15.3 Å². The van der Waals surface area contributed by atoms with Crippen LogP contribution in [0.5, 0.6) is 0 Å². The van der Waals surface area contributed by atoms with E-state index >= 15 is 0 Å². The molecule has 1 N–H and O–H groups in total. The highest BCUT2D eigenvalue weighted by Crippen LogP contribution is 2.31. The molecule has 0 radical (unpaired) electrons. The summed E-state index contributed by atoms with van der Waals surface area (Å²) in [6, 6.07) is 6.27. The molecule has 1 aromatic rings. The molecule has 0 spiro atoms. The molecule has 0 atom stereocenters. The van der Waals surface area contributed by atoms with Crippen molar-refractivity contribution in [1.82, 2.24) is 5.32 Å². The second-order valence-corrected chi connectivity index (χ2v) is 5.45. The minimum absolute atomic E-state index is 0.119. The number of halogens is 1. The van der Waals surface area contributed by atoms with Gasteiger partial charge in [-0.1, -0.05) is 24.6 Å². The van der Waals surface area contributed by atoms with Crippen LogP contribution >= 0.6 is 11.6 Å². The molecule has 0 aliphatic heterocycles. The van der Waals surface area contributed by atoms with Crippen molar-refractivity contribution in [2.45, 2.75) is 39.3 Å². The van der Waals surface area contributed by atoms with Crippen LogP contribution in [0.1, 0.15) is 32.8 Å². The van der Waals surface area contributed by atoms with Gasteiger partial charge in [-0.05, 0) is 45.0 Å². The molecular formula is C14H23ClN2. The SMILES string of the molecule is CCC(C)(C)N(C)c1ccc(CNC)cc1Cl. The molecule has 1 aromatic carbocycles. The van der Waals surface area contributed by atoms with Gasteiger partial charge in [-0.3, -0.25) is 0 Å². The first-order chi connectivity index (χ1) is 7.92. The van der Waals surface area contributed by atoms with Gasteiger partial charge in [-0.25, -0.2) is 0 Å². The summed E-state index contributed by atoms with van der Waals surface area (Å²) in [6.45, 7) is 7.50. The van der Waals surface area contributed by atoms with Gasteiger partial charge in [-0.2, -0.15) is 0 Å². The molecule has 3 heteroatoms. The standard InChI is InChI=1S/C14H23ClN2/c1-6-14(2,3)17(5)13-8-7-11(10-16-4)9-12(13)15/h7-9,16H,6,10H2,1-5H3. The predicted molar refractivity (Wildman–Crippen MR) is 77.0 cm³/mol. The normalized spacial score (nSPS) is 11.6. The number of nitrogens with one attached hydrogen (secondary N) is 1. The molecule has 2 nitrogen and oxygen atoms in total. The molecule has 0 aliphatic carbocycles. The number of nitrogens with zero attached hydrogens (tertiary/aromatic N) is 1. The molecule has 96 valence electrons. The van der Waals surface area contributed by atoms with E-state index in [1.54, 1.807) is 0 Å². The molecule has 0 fully saturated rings. The summed E-state index contributed by atoms with van der Waals surface area (Å²) in [5.74, 6) is 0. The lowest BCUT2D eigenvalue weighted by atomic mass is 9.99. The van der Waals surface area contributed by atoms with Gasteiger partial charge < -0.3 is 10.2 Å². The Morgan fingerprint density at radius 1 is 1.35 bits per heavy atom. The maximum Gasteiger partial charge on any atom is 0.0642 e. The van der Waals surface area contributed by atoms with E-state index in [4.69, 9.17) is 11.6 Å². The van der Waals surface area contributed by atoms with E-state index in [1.165, 1.54) is 5.56 Å². The third kappa shape index (κ3) is 3.36. The molecule has 0 amide bonds. The zero-order valence-electron chi connectivity index (χ0n) is 11.5. The molecule has 0 aromatic heterocycles. The summed E-state index contributed by atoms with van der Waals surface area (Å²) in [6.07, 6.45) is 1.08. The largest absolute Gasteiger partial charge is 0.368 e. The van der Waals surface area contributed by atoms with Crippen LogP contribution in [0.25, 0.3) is 0 Å². The number of hydrogen-bond acceptors (Lipinski definition) is 2. The monoisotopic (exact) mass is 254 g/mol. The Morgan fingerprint density at radius 2 is 2.00 bits per heavy atom. The molecular weight excluding hydrogens is 232 g/mol. The minimum atomic E-state index is 0.119. The maximum absolute atomic E-state index is 6.35. The minimum Gasteiger partial charge on any atom is -0.368 e. The highest BCUT2D eigenvalue weighted by molar-refractivity contribution is 6.33. The van der Waals surface area contributed by atoms with Crippen LogP contribution in [0.4, 0.5) is 5.69 Å². The lowest BCUT2D eigenvalue weighted by molar-refractivity contribution is 0.471. The predicted octanol–water partition coefficient (Wildman–Crippen LogP) is 3.68. The van der Waals surface area contributed by atoms with E-state index in [0.29, 0.717) is 0 Å².